The molecule has 2 aromatic heterocycles. The fraction of sp³-hybridized carbons (Fsp3) is 0.409. The number of anilines is 2. The first-order chi connectivity index (χ1) is 15.6. The molecular weight excluding hydrogens is 408 g/mol. The molecule has 1 unspecified atom stereocenters. The Bertz CT molecular complexity index is 1030. The van der Waals surface area contributed by atoms with Gasteiger partial charge >= 0.3 is 0 Å². The number of aliphatic imine (C=N–C) groups is 1. The molecule has 0 spiro atoms. The van der Waals surface area contributed by atoms with Crippen LogP contribution in [0.15, 0.2) is 35.8 Å². The number of rotatable bonds is 8. The number of nitrogens with one attached hydrogen (secondary N) is 3. The molecule has 2 aromatic rings. The van der Waals surface area contributed by atoms with Gasteiger partial charge in [-0.05, 0) is 37.8 Å². The SMILES string of the molecule is CN=CC(NC(=O)c1nc(C2CC2)ccc1Nc1cncnc1)C(=N)C(=O)N1CCCC1. The minimum absolute atomic E-state index is 0.189. The number of nitrogens with zero attached hydrogens (tertiary/aromatic N) is 5. The lowest BCUT2D eigenvalue weighted by atomic mass is 10.1. The molecule has 1 aliphatic heterocycles. The van der Waals surface area contributed by atoms with Crippen molar-refractivity contribution in [1.82, 2.24) is 25.2 Å². The van der Waals surface area contributed by atoms with Crippen molar-refractivity contribution in [3.8, 4) is 0 Å². The number of likely N-dealkylation sites (tertiary alicyclic amines) is 1. The molecule has 1 saturated heterocycles. The third-order valence-electron chi connectivity index (χ3n) is 5.49. The predicted octanol–water partition coefficient (Wildman–Crippen LogP) is 1.93. The third kappa shape index (κ3) is 4.96. The summed E-state index contributed by atoms with van der Waals surface area (Å²) < 4.78 is 0. The Labute approximate surface area is 186 Å². The van der Waals surface area contributed by atoms with Crippen LogP contribution in [0.4, 0.5) is 11.4 Å². The molecule has 0 aromatic carbocycles. The normalized spacial score (nSPS) is 16.7. The van der Waals surface area contributed by atoms with Crippen LogP contribution in [0.1, 0.15) is 47.8 Å². The first-order valence-corrected chi connectivity index (χ1v) is 10.7. The van der Waals surface area contributed by atoms with E-state index in [-0.39, 0.29) is 17.3 Å². The average molecular weight is 435 g/mol. The molecule has 2 aliphatic rings. The number of carbonyl (C=O) groups excluding carboxylic acids is 2. The number of hydrogen-bond acceptors (Lipinski definition) is 8. The van der Waals surface area contributed by atoms with Crippen LogP contribution < -0.4 is 10.6 Å². The van der Waals surface area contributed by atoms with Gasteiger partial charge in [-0.15, -0.1) is 0 Å². The summed E-state index contributed by atoms with van der Waals surface area (Å²) in [6.07, 6.45) is 9.96. The number of pyridine rings is 1. The van der Waals surface area contributed by atoms with Crippen LogP contribution in [0.5, 0.6) is 0 Å². The maximum atomic E-state index is 13.3. The Morgan fingerprint density at radius 3 is 2.59 bits per heavy atom. The maximum Gasteiger partial charge on any atom is 0.272 e. The lowest BCUT2D eigenvalue weighted by molar-refractivity contribution is -0.123. The van der Waals surface area contributed by atoms with Gasteiger partial charge in [-0.1, -0.05) is 0 Å². The van der Waals surface area contributed by atoms with Crippen molar-refractivity contribution in [2.45, 2.75) is 37.6 Å². The zero-order valence-electron chi connectivity index (χ0n) is 17.9. The topological polar surface area (TPSA) is 136 Å². The second kappa shape index (κ2) is 9.63. The van der Waals surface area contributed by atoms with E-state index in [2.05, 4.69) is 30.6 Å². The van der Waals surface area contributed by atoms with Gasteiger partial charge in [0.1, 0.15) is 18.1 Å². The molecule has 32 heavy (non-hydrogen) atoms. The van der Waals surface area contributed by atoms with Crippen molar-refractivity contribution < 1.29 is 9.59 Å². The largest absolute Gasteiger partial charge is 0.351 e. The molecule has 2 amide bonds. The highest BCUT2D eigenvalue weighted by molar-refractivity contribution is 6.43. The molecule has 1 saturated carbocycles. The van der Waals surface area contributed by atoms with Gasteiger partial charge in [-0.25, -0.2) is 15.0 Å². The van der Waals surface area contributed by atoms with Crippen LogP contribution in [0.2, 0.25) is 0 Å². The maximum absolute atomic E-state index is 13.3. The number of hydrogen-bond donors (Lipinski definition) is 3. The van der Waals surface area contributed by atoms with Gasteiger partial charge in [-0.3, -0.25) is 20.0 Å². The van der Waals surface area contributed by atoms with E-state index in [1.807, 2.05) is 12.1 Å². The molecule has 4 rings (SSSR count). The second-order valence-electron chi connectivity index (χ2n) is 7.93. The Kier molecular flexibility index (Phi) is 6.48. The summed E-state index contributed by atoms with van der Waals surface area (Å²) in [6.45, 7) is 1.26. The van der Waals surface area contributed by atoms with Crippen molar-refractivity contribution in [2.75, 3.05) is 25.5 Å². The van der Waals surface area contributed by atoms with Crippen molar-refractivity contribution in [3.63, 3.8) is 0 Å². The fourth-order valence-corrected chi connectivity index (χ4v) is 3.64. The summed E-state index contributed by atoms with van der Waals surface area (Å²) in [5.41, 5.74) is 1.94. The number of aromatic nitrogens is 3. The number of amides is 2. The molecule has 1 atom stereocenters. The van der Waals surface area contributed by atoms with Crippen LogP contribution in [0, 0.1) is 5.41 Å². The smallest absolute Gasteiger partial charge is 0.272 e. The van der Waals surface area contributed by atoms with Crippen LogP contribution in [0.3, 0.4) is 0 Å². The number of carbonyl (C=O) groups is 2. The Balaban J connectivity index is 1.57. The van der Waals surface area contributed by atoms with Gasteiger partial charge in [0.2, 0.25) is 0 Å². The zero-order chi connectivity index (χ0) is 22.5. The van der Waals surface area contributed by atoms with E-state index in [1.165, 1.54) is 12.5 Å². The van der Waals surface area contributed by atoms with E-state index in [0.717, 1.165) is 31.4 Å². The highest BCUT2D eigenvalue weighted by Gasteiger charge is 2.30. The molecular formula is C22H26N8O2. The molecule has 1 aliphatic carbocycles. The Morgan fingerprint density at radius 2 is 1.94 bits per heavy atom. The highest BCUT2D eigenvalue weighted by Crippen LogP contribution is 2.39. The summed E-state index contributed by atoms with van der Waals surface area (Å²) >= 11 is 0. The van der Waals surface area contributed by atoms with Crippen molar-refractivity contribution >= 4 is 35.1 Å². The van der Waals surface area contributed by atoms with Crippen molar-refractivity contribution in [3.05, 3.63) is 42.2 Å². The Morgan fingerprint density at radius 1 is 1.22 bits per heavy atom. The van der Waals surface area contributed by atoms with E-state index in [0.29, 0.717) is 30.4 Å². The van der Waals surface area contributed by atoms with Crippen LogP contribution in [-0.2, 0) is 4.79 Å². The molecule has 3 N–H and O–H groups in total. The van der Waals surface area contributed by atoms with E-state index < -0.39 is 11.9 Å². The first kappa shape index (κ1) is 21.5. The monoisotopic (exact) mass is 434 g/mol. The lowest BCUT2D eigenvalue weighted by Crippen LogP contribution is -2.49. The standard InChI is InChI=1S/C22H26N8O2/c1-24-12-18(19(23)22(32)30-8-2-3-9-30)29-21(31)20-17(27-15-10-25-13-26-11-15)7-6-16(28-20)14-4-5-14/h6-7,10-14,18,23,27H,2-5,8-9H2,1H3,(H,29,31). The third-order valence-corrected chi connectivity index (χ3v) is 5.49. The van der Waals surface area contributed by atoms with Gasteiger partial charge in [0.15, 0.2) is 5.69 Å². The van der Waals surface area contributed by atoms with Crippen LogP contribution in [0.25, 0.3) is 0 Å². The van der Waals surface area contributed by atoms with E-state index in [4.69, 9.17) is 5.41 Å². The van der Waals surface area contributed by atoms with Crippen LogP contribution in [-0.4, -0.2) is 69.8 Å². The van der Waals surface area contributed by atoms with Gasteiger partial charge in [-0.2, -0.15) is 0 Å². The van der Waals surface area contributed by atoms with Crippen LogP contribution >= 0.6 is 0 Å². The Hall–Kier alpha value is -3.69. The van der Waals surface area contributed by atoms with Crippen molar-refractivity contribution in [1.29, 1.82) is 5.41 Å². The van der Waals surface area contributed by atoms with Gasteiger partial charge in [0, 0.05) is 38.0 Å². The molecule has 10 nitrogen and oxygen atoms in total. The predicted molar refractivity (Wildman–Crippen MR) is 121 cm³/mol. The van der Waals surface area contributed by atoms with E-state index >= 15 is 0 Å². The summed E-state index contributed by atoms with van der Waals surface area (Å²) in [6, 6.07) is 2.77. The molecule has 3 heterocycles. The molecule has 0 bridgehead atoms. The quantitative estimate of drug-likeness (QED) is 0.543. The molecule has 10 heteroatoms. The average Bonchev–Trinajstić information content (AvgIpc) is 3.52. The summed E-state index contributed by atoms with van der Waals surface area (Å²) in [7, 11) is 1.54. The van der Waals surface area contributed by atoms with Gasteiger partial charge < -0.3 is 15.5 Å². The minimum atomic E-state index is -0.945. The van der Waals surface area contributed by atoms with Gasteiger partial charge in [0.05, 0.1) is 23.8 Å². The zero-order valence-corrected chi connectivity index (χ0v) is 17.9. The molecule has 2 fully saturated rings. The molecule has 166 valence electrons. The van der Waals surface area contributed by atoms with E-state index in [9.17, 15) is 9.59 Å². The fourth-order valence-electron chi connectivity index (χ4n) is 3.64. The summed E-state index contributed by atoms with van der Waals surface area (Å²) in [4.78, 5) is 44.1. The second-order valence-corrected chi connectivity index (χ2v) is 7.93. The first-order valence-electron chi connectivity index (χ1n) is 10.7. The van der Waals surface area contributed by atoms with E-state index in [1.54, 1.807) is 24.3 Å². The van der Waals surface area contributed by atoms with Gasteiger partial charge in [0.25, 0.3) is 11.8 Å². The van der Waals surface area contributed by atoms with Crippen molar-refractivity contribution in [2.24, 2.45) is 4.99 Å². The minimum Gasteiger partial charge on any atom is -0.351 e. The highest BCUT2D eigenvalue weighted by atomic mass is 16.2. The summed E-state index contributed by atoms with van der Waals surface area (Å²) in [5, 5.41) is 14.3. The summed E-state index contributed by atoms with van der Waals surface area (Å²) in [5.74, 6) is -0.512. The molecule has 0 radical (unpaired) electrons. The lowest BCUT2D eigenvalue weighted by Gasteiger charge is -2.21.